The van der Waals surface area contributed by atoms with Crippen LogP contribution < -0.4 is 0 Å². The van der Waals surface area contributed by atoms with Crippen LogP contribution >= 0.6 is 0 Å². The number of fused-ring (bicyclic) bond motifs is 1. The van der Waals surface area contributed by atoms with Crippen molar-refractivity contribution < 1.29 is 29.3 Å². The minimum absolute atomic E-state index is 0.139. The second-order valence-corrected chi connectivity index (χ2v) is 7.04. The van der Waals surface area contributed by atoms with Crippen LogP contribution in [-0.4, -0.2) is 47.6 Å². The summed E-state index contributed by atoms with van der Waals surface area (Å²) in [7, 11) is 0. The molecule has 142 valence electrons. The smallest absolute Gasteiger partial charge is 0.336 e. The third-order valence-corrected chi connectivity index (χ3v) is 5.49. The van der Waals surface area contributed by atoms with Gasteiger partial charge in [0.25, 0.3) is 0 Å². The van der Waals surface area contributed by atoms with Crippen LogP contribution in [0.2, 0.25) is 0 Å². The van der Waals surface area contributed by atoms with Crippen LogP contribution in [-0.2, 0) is 19.1 Å². The van der Waals surface area contributed by atoms with E-state index in [1.807, 2.05) is 6.92 Å². The zero-order valence-electron chi connectivity index (χ0n) is 15.2. The Balaban J connectivity index is 2.43. The van der Waals surface area contributed by atoms with Crippen LogP contribution in [0.4, 0.5) is 0 Å². The van der Waals surface area contributed by atoms with Crippen LogP contribution in [0.5, 0.6) is 0 Å². The molecule has 2 N–H and O–H groups in total. The molecule has 5 atom stereocenters. The fraction of sp³-hybridized carbons (Fsp3) is 0.500. The van der Waals surface area contributed by atoms with Gasteiger partial charge in [0.15, 0.2) is 0 Å². The van der Waals surface area contributed by atoms with E-state index >= 15 is 0 Å². The largest absolute Gasteiger partial charge is 0.458 e. The van der Waals surface area contributed by atoms with Gasteiger partial charge in [0, 0.05) is 11.5 Å². The van der Waals surface area contributed by atoms with E-state index in [4.69, 9.17) is 9.47 Å². The molecule has 0 aromatic heterocycles. The number of aliphatic hydroxyl groups excluding tert-OH is 2. The number of hydrogen-bond acceptors (Lipinski definition) is 6. The molecule has 0 radical (unpaired) electrons. The van der Waals surface area contributed by atoms with Crippen molar-refractivity contribution in [2.24, 2.45) is 17.3 Å². The first kappa shape index (κ1) is 20.1. The summed E-state index contributed by atoms with van der Waals surface area (Å²) in [6, 6.07) is 0. The SMILES string of the molecule is C=C[C@]1(C)C[C@H](OC(=O)/C(=C/C)CO)[C@H]2C(=C)C(=O)O[C@@H]2[C@H]1C(=C)CO. The minimum atomic E-state index is -0.668. The average Bonchev–Trinajstić information content (AvgIpc) is 2.90. The first-order valence-electron chi connectivity index (χ1n) is 8.53. The van der Waals surface area contributed by atoms with Crippen molar-refractivity contribution in [3.63, 3.8) is 0 Å². The second-order valence-electron chi connectivity index (χ2n) is 7.04. The number of carbonyl (C=O) groups excluding carboxylic acids is 2. The number of aliphatic hydroxyl groups is 2. The van der Waals surface area contributed by atoms with Crippen LogP contribution in [0.25, 0.3) is 0 Å². The maximum absolute atomic E-state index is 12.3. The predicted octanol–water partition coefficient (Wildman–Crippen LogP) is 1.70. The Morgan fingerprint density at radius 1 is 1.42 bits per heavy atom. The van der Waals surface area contributed by atoms with Gasteiger partial charge >= 0.3 is 11.9 Å². The van der Waals surface area contributed by atoms with Gasteiger partial charge in [0.1, 0.15) is 12.2 Å². The van der Waals surface area contributed by atoms with E-state index in [0.717, 1.165) is 0 Å². The first-order chi connectivity index (χ1) is 12.2. The van der Waals surface area contributed by atoms with E-state index in [0.29, 0.717) is 12.0 Å². The fourth-order valence-corrected chi connectivity index (χ4v) is 3.99. The lowest BCUT2D eigenvalue weighted by molar-refractivity contribution is -0.159. The molecule has 1 saturated heterocycles. The van der Waals surface area contributed by atoms with Gasteiger partial charge in [-0.15, -0.1) is 6.58 Å². The molecule has 1 aliphatic heterocycles. The van der Waals surface area contributed by atoms with Gasteiger partial charge in [-0.1, -0.05) is 32.2 Å². The van der Waals surface area contributed by atoms with E-state index in [1.165, 1.54) is 6.08 Å². The van der Waals surface area contributed by atoms with Gasteiger partial charge < -0.3 is 19.7 Å². The summed E-state index contributed by atoms with van der Waals surface area (Å²) in [6.07, 6.45) is 2.25. The van der Waals surface area contributed by atoms with Gasteiger partial charge in [-0.05, 0) is 24.3 Å². The fourth-order valence-electron chi connectivity index (χ4n) is 3.99. The molecule has 2 fully saturated rings. The Labute approximate surface area is 153 Å². The monoisotopic (exact) mass is 362 g/mol. The third-order valence-electron chi connectivity index (χ3n) is 5.49. The summed E-state index contributed by atoms with van der Waals surface area (Å²) >= 11 is 0. The van der Waals surface area contributed by atoms with Crippen molar-refractivity contribution in [1.82, 2.24) is 0 Å². The van der Waals surface area contributed by atoms with Crippen LogP contribution in [0.15, 0.2) is 48.6 Å². The number of hydrogen-bond donors (Lipinski definition) is 2. The highest BCUT2D eigenvalue weighted by Gasteiger charge is 2.58. The Hall–Kier alpha value is -2.18. The Kier molecular flexibility index (Phi) is 5.88. The second kappa shape index (κ2) is 7.60. The molecule has 1 saturated carbocycles. The molecule has 6 nitrogen and oxygen atoms in total. The summed E-state index contributed by atoms with van der Waals surface area (Å²) in [5, 5.41) is 18.9. The van der Waals surface area contributed by atoms with E-state index in [2.05, 4.69) is 19.7 Å². The minimum Gasteiger partial charge on any atom is -0.458 e. The molecule has 6 heteroatoms. The van der Waals surface area contributed by atoms with Crippen molar-refractivity contribution >= 4 is 11.9 Å². The van der Waals surface area contributed by atoms with Gasteiger partial charge in [-0.25, -0.2) is 9.59 Å². The summed E-state index contributed by atoms with van der Waals surface area (Å²) in [6.45, 7) is 14.5. The highest BCUT2D eigenvalue weighted by Crippen LogP contribution is 2.53. The maximum Gasteiger partial charge on any atom is 0.336 e. The zero-order valence-corrected chi connectivity index (χ0v) is 15.2. The van der Waals surface area contributed by atoms with Gasteiger partial charge in [0.05, 0.1) is 24.7 Å². The standard InChI is InChI=1S/C20H26O6/c1-6-13(10-22)19(24)25-14-8-20(5,7-2)16(11(3)9-21)17-15(14)12(4)18(23)26-17/h6-7,14-17,21-22H,2-4,8-10H2,1,5H3/b13-6+/t14-,15+,16+,17-,20+/m0/s1. The quantitative estimate of drug-likeness (QED) is 0.424. The summed E-state index contributed by atoms with van der Waals surface area (Å²) in [4.78, 5) is 24.5. The lowest BCUT2D eigenvalue weighted by Crippen LogP contribution is -2.52. The molecule has 1 aliphatic carbocycles. The molecule has 0 amide bonds. The van der Waals surface area contributed by atoms with E-state index < -0.39 is 42.1 Å². The predicted molar refractivity (Wildman–Crippen MR) is 95.9 cm³/mol. The lowest BCUT2D eigenvalue weighted by atomic mass is 9.59. The maximum atomic E-state index is 12.3. The molecule has 2 rings (SSSR count). The van der Waals surface area contributed by atoms with Crippen molar-refractivity contribution in [3.8, 4) is 0 Å². The van der Waals surface area contributed by atoms with Crippen LogP contribution in [0.3, 0.4) is 0 Å². The molecule has 0 aromatic rings. The molecule has 0 aromatic carbocycles. The van der Waals surface area contributed by atoms with Crippen molar-refractivity contribution in [1.29, 1.82) is 0 Å². The highest BCUT2D eigenvalue weighted by atomic mass is 16.6. The van der Waals surface area contributed by atoms with E-state index in [1.54, 1.807) is 13.0 Å². The number of allylic oxidation sites excluding steroid dienone is 2. The number of ether oxygens (including phenoxy) is 2. The number of carbonyl (C=O) groups is 2. The molecule has 1 heterocycles. The van der Waals surface area contributed by atoms with Gasteiger partial charge in [-0.3, -0.25) is 0 Å². The molecule has 0 spiro atoms. The third kappa shape index (κ3) is 3.27. The highest BCUT2D eigenvalue weighted by molar-refractivity contribution is 5.92. The summed E-state index contributed by atoms with van der Waals surface area (Å²) < 4.78 is 11.1. The number of rotatable bonds is 6. The molecular formula is C20H26O6. The summed E-state index contributed by atoms with van der Waals surface area (Å²) in [5.74, 6) is -2.09. The summed E-state index contributed by atoms with van der Waals surface area (Å²) in [5.41, 5.74) is 0.297. The van der Waals surface area contributed by atoms with Crippen LogP contribution in [0, 0.1) is 17.3 Å². The normalized spacial score (nSPS) is 34.1. The van der Waals surface area contributed by atoms with Gasteiger partial charge in [0.2, 0.25) is 0 Å². The molecule has 2 aliphatic rings. The molecule has 0 bridgehead atoms. The Morgan fingerprint density at radius 2 is 2.08 bits per heavy atom. The Bertz CT molecular complexity index is 676. The van der Waals surface area contributed by atoms with E-state index in [9.17, 15) is 19.8 Å². The molecule has 0 unspecified atom stereocenters. The molecule has 26 heavy (non-hydrogen) atoms. The van der Waals surface area contributed by atoms with Crippen molar-refractivity contribution in [2.75, 3.05) is 13.2 Å². The molecular weight excluding hydrogens is 336 g/mol. The Morgan fingerprint density at radius 3 is 2.58 bits per heavy atom. The number of esters is 2. The topological polar surface area (TPSA) is 93.1 Å². The van der Waals surface area contributed by atoms with Crippen molar-refractivity contribution in [2.45, 2.75) is 32.5 Å². The van der Waals surface area contributed by atoms with Crippen molar-refractivity contribution in [3.05, 3.63) is 48.6 Å². The van der Waals surface area contributed by atoms with E-state index in [-0.39, 0.29) is 23.7 Å². The lowest BCUT2D eigenvalue weighted by Gasteiger charge is -2.48. The first-order valence-corrected chi connectivity index (χ1v) is 8.53. The zero-order chi connectivity index (χ0) is 19.6. The average molecular weight is 362 g/mol. The van der Waals surface area contributed by atoms with Gasteiger partial charge in [-0.2, -0.15) is 0 Å². The van der Waals surface area contributed by atoms with Crippen LogP contribution in [0.1, 0.15) is 20.3 Å².